The van der Waals surface area contributed by atoms with Crippen molar-refractivity contribution in [2.45, 2.75) is 30.7 Å². The van der Waals surface area contributed by atoms with Crippen molar-refractivity contribution in [1.29, 1.82) is 0 Å². The van der Waals surface area contributed by atoms with Gasteiger partial charge in [0.15, 0.2) is 6.29 Å². The summed E-state index contributed by atoms with van der Waals surface area (Å²) in [6, 6.07) is 6.89. The first-order valence-corrected chi connectivity index (χ1v) is 6.59. The van der Waals surface area contributed by atoms with E-state index in [1.807, 2.05) is 0 Å². The predicted octanol–water partition coefficient (Wildman–Crippen LogP) is -0.171. The van der Waals surface area contributed by atoms with Crippen LogP contribution in [0.5, 0.6) is 0 Å². The molecule has 1 aliphatic heterocycles. The van der Waals surface area contributed by atoms with E-state index in [0.717, 1.165) is 0 Å². The molecule has 0 radical (unpaired) electrons. The Morgan fingerprint density at radius 2 is 1.85 bits per heavy atom. The third-order valence-corrected chi connectivity index (χ3v) is 3.55. The van der Waals surface area contributed by atoms with Gasteiger partial charge >= 0.3 is 0 Å². The first kappa shape index (κ1) is 15.7. The largest absolute Gasteiger partial charge is 0.394 e. The minimum Gasteiger partial charge on any atom is -0.394 e. The summed E-state index contributed by atoms with van der Waals surface area (Å²) >= 11 is 6.04. The maximum atomic E-state index is 9.89. The van der Waals surface area contributed by atoms with Crippen molar-refractivity contribution >= 4 is 11.6 Å². The molecule has 0 saturated carbocycles. The van der Waals surface area contributed by atoms with Gasteiger partial charge in [-0.2, -0.15) is 0 Å². The summed E-state index contributed by atoms with van der Waals surface area (Å²) in [4.78, 5) is 0. The average molecular weight is 305 g/mol. The SMILES string of the molecule is OC[C@H](O)[C@H](O)[C@H]1OC(c2ccccc2Cl)O[C@@H]1CO. The van der Waals surface area contributed by atoms with Crippen LogP contribution in [0.25, 0.3) is 0 Å². The van der Waals surface area contributed by atoms with Gasteiger partial charge in [-0.15, -0.1) is 0 Å². The molecule has 2 rings (SSSR count). The highest BCUT2D eigenvalue weighted by molar-refractivity contribution is 6.31. The second-order valence-electron chi connectivity index (χ2n) is 4.55. The Hall–Kier alpha value is -0.730. The van der Waals surface area contributed by atoms with Crippen LogP contribution in [0.2, 0.25) is 5.02 Å². The van der Waals surface area contributed by atoms with E-state index in [1.54, 1.807) is 24.3 Å². The lowest BCUT2D eigenvalue weighted by atomic mass is 10.0. The van der Waals surface area contributed by atoms with Crippen molar-refractivity contribution < 1.29 is 29.9 Å². The van der Waals surface area contributed by atoms with Gasteiger partial charge in [0.25, 0.3) is 0 Å². The Kier molecular flexibility index (Phi) is 5.34. The van der Waals surface area contributed by atoms with E-state index in [1.165, 1.54) is 0 Å². The Morgan fingerprint density at radius 1 is 1.15 bits per heavy atom. The lowest BCUT2D eigenvalue weighted by Crippen LogP contribution is -2.45. The summed E-state index contributed by atoms with van der Waals surface area (Å²) < 4.78 is 11.0. The van der Waals surface area contributed by atoms with Crippen molar-refractivity contribution in [3.63, 3.8) is 0 Å². The molecule has 0 aliphatic carbocycles. The van der Waals surface area contributed by atoms with Gasteiger partial charge in [0.1, 0.15) is 24.4 Å². The molecule has 1 aromatic carbocycles. The van der Waals surface area contributed by atoms with Crippen molar-refractivity contribution in [1.82, 2.24) is 0 Å². The van der Waals surface area contributed by atoms with Crippen LogP contribution < -0.4 is 0 Å². The summed E-state index contributed by atoms with van der Waals surface area (Å²) in [5.41, 5.74) is 0.570. The summed E-state index contributed by atoms with van der Waals surface area (Å²) in [7, 11) is 0. The number of aliphatic hydroxyl groups is 4. The molecule has 4 N–H and O–H groups in total. The molecule has 1 aromatic rings. The molecule has 1 fully saturated rings. The quantitative estimate of drug-likeness (QED) is 0.603. The van der Waals surface area contributed by atoms with E-state index in [4.69, 9.17) is 26.2 Å². The summed E-state index contributed by atoms with van der Waals surface area (Å²) in [5.74, 6) is 0. The highest BCUT2D eigenvalue weighted by atomic mass is 35.5. The molecule has 1 heterocycles. The zero-order valence-electron chi connectivity index (χ0n) is 10.6. The summed E-state index contributed by atoms with van der Waals surface area (Å²) in [6.07, 6.45) is -5.35. The van der Waals surface area contributed by atoms with E-state index in [-0.39, 0.29) is 6.61 Å². The number of ether oxygens (including phenoxy) is 2. The maximum absolute atomic E-state index is 9.89. The second-order valence-corrected chi connectivity index (χ2v) is 4.96. The zero-order valence-corrected chi connectivity index (χ0v) is 11.3. The molecular weight excluding hydrogens is 288 g/mol. The Labute approximate surface area is 121 Å². The topological polar surface area (TPSA) is 99.4 Å². The molecule has 7 heteroatoms. The molecular formula is C13H17ClO6. The van der Waals surface area contributed by atoms with Gasteiger partial charge in [0, 0.05) is 10.6 Å². The highest BCUT2D eigenvalue weighted by Crippen LogP contribution is 2.36. The maximum Gasteiger partial charge on any atom is 0.186 e. The molecule has 1 saturated heterocycles. The van der Waals surface area contributed by atoms with Crippen LogP contribution in [0.1, 0.15) is 11.9 Å². The van der Waals surface area contributed by atoms with Gasteiger partial charge in [-0.3, -0.25) is 0 Å². The van der Waals surface area contributed by atoms with E-state index in [0.29, 0.717) is 10.6 Å². The van der Waals surface area contributed by atoms with Crippen LogP contribution in [0.3, 0.4) is 0 Å². The molecule has 1 unspecified atom stereocenters. The molecule has 0 bridgehead atoms. The fourth-order valence-corrected chi connectivity index (χ4v) is 2.31. The van der Waals surface area contributed by atoms with Gasteiger partial charge in [0.05, 0.1) is 13.2 Å². The minimum atomic E-state index is -1.37. The third-order valence-electron chi connectivity index (χ3n) is 3.20. The first-order chi connectivity index (χ1) is 9.58. The van der Waals surface area contributed by atoms with Crippen LogP contribution in [0.15, 0.2) is 24.3 Å². The fraction of sp³-hybridized carbons (Fsp3) is 0.538. The number of benzene rings is 1. The molecule has 1 aliphatic rings. The molecule has 20 heavy (non-hydrogen) atoms. The molecule has 6 nitrogen and oxygen atoms in total. The minimum absolute atomic E-state index is 0.388. The van der Waals surface area contributed by atoms with Crippen LogP contribution in [0, 0.1) is 0 Å². The first-order valence-electron chi connectivity index (χ1n) is 6.21. The van der Waals surface area contributed by atoms with Crippen molar-refractivity contribution in [2.24, 2.45) is 0 Å². The van der Waals surface area contributed by atoms with Gasteiger partial charge in [-0.05, 0) is 6.07 Å². The monoisotopic (exact) mass is 304 g/mol. The standard InChI is InChI=1S/C13H17ClO6/c14-8-4-2-1-3-7(8)13-19-10(6-16)12(20-13)11(18)9(17)5-15/h1-4,9-13,15-18H,5-6H2/t9-,10+,11-,12-,13?/m0/s1. The summed E-state index contributed by atoms with van der Waals surface area (Å²) in [5, 5.41) is 37.9. The molecule has 112 valence electrons. The van der Waals surface area contributed by atoms with E-state index in [9.17, 15) is 15.3 Å². The third kappa shape index (κ3) is 3.12. The smallest absolute Gasteiger partial charge is 0.186 e. The Morgan fingerprint density at radius 3 is 2.45 bits per heavy atom. The van der Waals surface area contributed by atoms with Crippen molar-refractivity contribution in [2.75, 3.05) is 13.2 Å². The molecule has 0 aromatic heterocycles. The zero-order chi connectivity index (χ0) is 14.7. The van der Waals surface area contributed by atoms with Crippen LogP contribution >= 0.6 is 11.6 Å². The van der Waals surface area contributed by atoms with Crippen LogP contribution in [-0.4, -0.2) is 58.1 Å². The number of rotatable bonds is 5. The van der Waals surface area contributed by atoms with E-state index >= 15 is 0 Å². The van der Waals surface area contributed by atoms with Gasteiger partial charge < -0.3 is 29.9 Å². The lowest BCUT2D eigenvalue weighted by molar-refractivity contribution is -0.113. The highest BCUT2D eigenvalue weighted by Gasteiger charge is 2.43. The molecule has 5 atom stereocenters. The average Bonchev–Trinajstić information content (AvgIpc) is 2.90. The number of hydrogen-bond donors (Lipinski definition) is 4. The van der Waals surface area contributed by atoms with Gasteiger partial charge in [-0.1, -0.05) is 29.8 Å². The number of halogens is 1. The molecule has 0 spiro atoms. The number of hydrogen-bond acceptors (Lipinski definition) is 6. The van der Waals surface area contributed by atoms with Gasteiger partial charge in [0.2, 0.25) is 0 Å². The van der Waals surface area contributed by atoms with Crippen molar-refractivity contribution in [3.8, 4) is 0 Å². The second kappa shape index (κ2) is 6.82. The lowest BCUT2D eigenvalue weighted by Gasteiger charge is -2.23. The van der Waals surface area contributed by atoms with Gasteiger partial charge in [-0.25, -0.2) is 0 Å². The molecule has 0 amide bonds. The predicted molar refractivity (Wildman–Crippen MR) is 70.1 cm³/mol. The van der Waals surface area contributed by atoms with Crippen LogP contribution in [-0.2, 0) is 9.47 Å². The number of aliphatic hydroxyl groups excluding tert-OH is 4. The van der Waals surface area contributed by atoms with E-state index in [2.05, 4.69) is 0 Å². The normalized spacial score (nSPS) is 29.4. The fourth-order valence-electron chi connectivity index (χ4n) is 2.09. The summed E-state index contributed by atoms with van der Waals surface area (Å²) in [6.45, 7) is -1.00. The van der Waals surface area contributed by atoms with E-state index < -0.39 is 37.3 Å². The van der Waals surface area contributed by atoms with Crippen molar-refractivity contribution in [3.05, 3.63) is 34.9 Å². The Balaban J connectivity index is 2.15. The Bertz CT molecular complexity index is 443. The van der Waals surface area contributed by atoms with Crippen LogP contribution in [0.4, 0.5) is 0 Å².